The normalized spacial score (nSPS) is 12.3. The molecule has 0 saturated heterocycles. The van der Waals surface area contributed by atoms with Crippen LogP contribution in [0.15, 0.2) is 48.5 Å². The molecule has 2 aromatic carbocycles. The average molecular weight is 288 g/mol. The van der Waals surface area contributed by atoms with E-state index in [0.717, 1.165) is 12.8 Å². The first-order valence-corrected chi connectivity index (χ1v) is 6.97. The van der Waals surface area contributed by atoms with Crippen LogP contribution < -0.4 is 0 Å². The first-order chi connectivity index (χ1) is 10.2. The van der Waals surface area contributed by atoms with Crippen molar-refractivity contribution in [3.63, 3.8) is 0 Å². The van der Waals surface area contributed by atoms with Crippen LogP contribution in [0.1, 0.15) is 29.4 Å². The Balaban J connectivity index is 1.80. The highest BCUT2D eigenvalue weighted by Gasteiger charge is 2.10. The van der Waals surface area contributed by atoms with Crippen LogP contribution in [0.2, 0.25) is 0 Å². The lowest BCUT2D eigenvalue weighted by molar-refractivity contribution is -0.103. The van der Waals surface area contributed by atoms with Gasteiger partial charge in [-0.25, -0.2) is 0 Å². The molecular formula is C17H20O4. The van der Waals surface area contributed by atoms with Crippen molar-refractivity contribution in [3.8, 4) is 5.75 Å². The number of rotatable bonds is 7. The average Bonchev–Trinajstić information content (AvgIpc) is 2.53. The maximum Gasteiger partial charge on any atom is 0.181 e. The van der Waals surface area contributed by atoms with Crippen molar-refractivity contribution < 1.29 is 20.1 Å². The smallest absolute Gasteiger partial charge is 0.181 e. The van der Waals surface area contributed by atoms with Crippen molar-refractivity contribution in [2.45, 2.75) is 25.7 Å². The van der Waals surface area contributed by atoms with E-state index in [1.165, 1.54) is 17.7 Å². The monoisotopic (exact) mass is 288 g/mol. The molecule has 0 aliphatic carbocycles. The first kappa shape index (κ1) is 15.5. The van der Waals surface area contributed by atoms with Crippen LogP contribution in [-0.4, -0.2) is 21.9 Å². The van der Waals surface area contributed by atoms with E-state index < -0.39 is 6.29 Å². The topological polar surface area (TPSA) is 69.9 Å². The third-order valence-electron chi connectivity index (χ3n) is 3.29. The Morgan fingerprint density at radius 2 is 1.81 bits per heavy atom. The number of hydrogen-bond acceptors (Lipinski definition) is 4. The standard InChI is InChI=1S/C17H20O4/c18-12-15-11-14(8-9-16(15)19)17(20)21-10-4-7-13-5-2-1-3-6-13/h1-3,5-6,8-9,11,17-20H,4,7,10,12H2. The third kappa shape index (κ3) is 4.56. The Kier molecular flexibility index (Phi) is 5.75. The van der Waals surface area contributed by atoms with Gasteiger partial charge in [-0.3, -0.25) is 0 Å². The molecule has 0 bridgehead atoms. The molecule has 0 amide bonds. The molecule has 2 rings (SSSR count). The van der Waals surface area contributed by atoms with Gasteiger partial charge in [0.05, 0.1) is 13.2 Å². The molecule has 2 aromatic rings. The van der Waals surface area contributed by atoms with E-state index in [-0.39, 0.29) is 12.4 Å². The van der Waals surface area contributed by atoms with Crippen LogP contribution in [0.4, 0.5) is 0 Å². The highest BCUT2D eigenvalue weighted by atomic mass is 16.6. The van der Waals surface area contributed by atoms with E-state index in [4.69, 9.17) is 9.84 Å². The number of aryl methyl sites for hydroxylation is 1. The Morgan fingerprint density at radius 3 is 2.52 bits per heavy atom. The predicted molar refractivity (Wildman–Crippen MR) is 79.7 cm³/mol. The second-order valence-electron chi connectivity index (χ2n) is 4.86. The van der Waals surface area contributed by atoms with Crippen molar-refractivity contribution in [2.75, 3.05) is 6.61 Å². The molecule has 0 aliphatic heterocycles. The van der Waals surface area contributed by atoms with E-state index >= 15 is 0 Å². The molecule has 0 saturated carbocycles. The fourth-order valence-electron chi connectivity index (χ4n) is 2.10. The number of aromatic hydroxyl groups is 1. The highest BCUT2D eigenvalue weighted by molar-refractivity contribution is 5.36. The summed E-state index contributed by atoms with van der Waals surface area (Å²) in [6.07, 6.45) is 0.656. The third-order valence-corrected chi connectivity index (χ3v) is 3.29. The summed E-state index contributed by atoms with van der Waals surface area (Å²) in [6, 6.07) is 14.7. The van der Waals surface area contributed by atoms with Gasteiger partial charge in [0.2, 0.25) is 0 Å². The number of phenols is 1. The Bertz CT molecular complexity index is 554. The Hall–Kier alpha value is -1.88. The molecule has 0 spiro atoms. The van der Waals surface area contributed by atoms with Gasteiger partial charge >= 0.3 is 0 Å². The van der Waals surface area contributed by atoms with Gasteiger partial charge in [-0.05, 0) is 30.5 Å². The second kappa shape index (κ2) is 7.78. The highest BCUT2D eigenvalue weighted by Crippen LogP contribution is 2.23. The lowest BCUT2D eigenvalue weighted by atomic mass is 10.1. The van der Waals surface area contributed by atoms with Crippen LogP contribution >= 0.6 is 0 Å². The van der Waals surface area contributed by atoms with Gasteiger partial charge in [0.25, 0.3) is 0 Å². The molecular weight excluding hydrogens is 268 g/mol. The minimum Gasteiger partial charge on any atom is -0.508 e. The van der Waals surface area contributed by atoms with Gasteiger partial charge in [-0.15, -0.1) is 0 Å². The van der Waals surface area contributed by atoms with E-state index in [2.05, 4.69) is 12.1 Å². The summed E-state index contributed by atoms with van der Waals surface area (Å²) in [6.45, 7) is 0.159. The zero-order valence-electron chi connectivity index (χ0n) is 11.8. The summed E-state index contributed by atoms with van der Waals surface area (Å²) in [5.41, 5.74) is 2.14. The molecule has 0 aliphatic rings. The molecule has 0 heterocycles. The number of aliphatic hydroxyl groups excluding tert-OH is 2. The van der Waals surface area contributed by atoms with E-state index in [1.807, 2.05) is 18.2 Å². The molecule has 1 atom stereocenters. The maximum absolute atomic E-state index is 9.94. The molecule has 0 fully saturated rings. The molecule has 4 nitrogen and oxygen atoms in total. The second-order valence-corrected chi connectivity index (χ2v) is 4.86. The fourth-order valence-corrected chi connectivity index (χ4v) is 2.10. The lowest BCUT2D eigenvalue weighted by Gasteiger charge is -2.13. The Morgan fingerprint density at radius 1 is 1.05 bits per heavy atom. The summed E-state index contributed by atoms with van der Waals surface area (Å²) in [5.74, 6) is 0.0116. The lowest BCUT2D eigenvalue weighted by Crippen LogP contribution is -2.06. The van der Waals surface area contributed by atoms with Crippen LogP contribution in [-0.2, 0) is 17.8 Å². The van der Waals surface area contributed by atoms with Gasteiger partial charge < -0.3 is 20.1 Å². The van der Waals surface area contributed by atoms with Gasteiger partial charge in [-0.2, -0.15) is 0 Å². The Labute approximate surface area is 124 Å². The van der Waals surface area contributed by atoms with Crippen molar-refractivity contribution in [1.82, 2.24) is 0 Å². The molecule has 3 N–H and O–H groups in total. The van der Waals surface area contributed by atoms with Crippen molar-refractivity contribution in [3.05, 3.63) is 65.2 Å². The van der Waals surface area contributed by atoms with Gasteiger partial charge in [0.1, 0.15) is 5.75 Å². The van der Waals surface area contributed by atoms with E-state index in [1.54, 1.807) is 6.07 Å². The quantitative estimate of drug-likeness (QED) is 0.541. The molecule has 4 heteroatoms. The van der Waals surface area contributed by atoms with Crippen LogP contribution in [0.5, 0.6) is 5.75 Å². The van der Waals surface area contributed by atoms with Gasteiger partial charge in [-0.1, -0.05) is 36.4 Å². The summed E-state index contributed by atoms with van der Waals surface area (Å²) < 4.78 is 5.38. The minimum atomic E-state index is -1.05. The maximum atomic E-state index is 9.94. The summed E-state index contributed by atoms with van der Waals surface area (Å²) in [5, 5.41) is 28.5. The summed E-state index contributed by atoms with van der Waals surface area (Å²) >= 11 is 0. The van der Waals surface area contributed by atoms with Gasteiger partial charge in [0, 0.05) is 11.1 Å². The van der Waals surface area contributed by atoms with Crippen LogP contribution in [0, 0.1) is 0 Å². The zero-order chi connectivity index (χ0) is 15.1. The van der Waals surface area contributed by atoms with Crippen molar-refractivity contribution in [2.24, 2.45) is 0 Å². The van der Waals surface area contributed by atoms with E-state index in [9.17, 15) is 10.2 Å². The number of hydrogen-bond donors (Lipinski definition) is 3. The van der Waals surface area contributed by atoms with E-state index in [0.29, 0.717) is 17.7 Å². The first-order valence-electron chi connectivity index (χ1n) is 6.97. The van der Waals surface area contributed by atoms with Crippen molar-refractivity contribution in [1.29, 1.82) is 0 Å². The number of aliphatic hydroxyl groups is 2. The van der Waals surface area contributed by atoms with Gasteiger partial charge in [0.15, 0.2) is 6.29 Å². The molecule has 0 radical (unpaired) electrons. The largest absolute Gasteiger partial charge is 0.508 e. The number of ether oxygens (including phenoxy) is 1. The van der Waals surface area contributed by atoms with Crippen LogP contribution in [0.3, 0.4) is 0 Å². The minimum absolute atomic E-state index is 0.0116. The molecule has 1 unspecified atom stereocenters. The predicted octanol–water partition coefficient (Wildman–Crippen LogP) is 2.52. The SMILES string of the molecule is OCc1cc(C(O)OCCCc2ccccc2)ccc1O. The summed E-state index contributed by atoms with van der Waals surface area (Å²) in [4.78, 5) is 0. The number of benzene rings is 2. The summed E-state index contributed by atoms with van der Waals surface area (Å²) in [7, 11) is 0. The molecule has 0 aromatic heterocycles. The molecule has 21 heavy (non-hydrogen) atoms. The molecule has 112 valence electrons. The van der Waals surface area contributed by atoms with Crippen LogP contribution in [0.25, 0.3) is 0 Å². The zero-order valence-corrected chi connectivity index (χ0v) is 11.8. The van der Waals surface area contributed by atoms with Crippen molar-refractivity contribution >= 4 is 0 Å². The fraction of sp³-hybridized carbons (Fsp3) is 0.294.